The van der Waals surface area contributed by atoms with Gasteiger partial charge in [-0.25, -0.2) is 0 Å². The standard InChI is InChI=1S/C13H23N3S/c1-3-10-6-5-7-11(8-10)13(14-4-2)12-9-17-16-15-12/h9-11,13-14H,3-8H2,1-2H3. The topological polar surface area (TPSA) is 37.8 Å². The van der Waals surface area contributed by atoms with Crippen LogP contribution in [0.2, 0.25) is 0 Å². The summed E-state index contributed by atoms with van der Waals surface area (Å²) in [4.78, 5) is 0. The molecule has 0 aliphatic heterocycles. The maximum Gasteiger partial charge on any atom is 0.0927 e. The normalized spacial score (nSPS) is 26.9. The molecular weight excluding hydrogens is 230 g/mol. The van der Waals surface area contributed by atoms with Crippen molar-refractivity contribution in [1.82, 2.24) is 14.9 Å². The van der Waals surface area contributed by atoms with Gasteiger partial charge < -0.3 is 5.32 Å². The highest BCUT2D eigenvalue weighted by molar-refractivity contribution is 7.03. The molecule has 1 aromatic heterocycles. The molecule has 0 radical (unpaired) electrons. The molecule has 96 valence electrons. The van der Waals surface area contributed by atoms with E-state index in [1.54, 1.807) is 0 Å². The SMILES string of the molecule is CCNC(c1csnn1)C1CCCC(CC)C1. The van der Waals surface area contributed by atoms with Gasteiger partial charge in [-0.05, 0) is 42.8 Å². The summed E-state index contributed by atoms with van der Waals surface area (Å²) in [5.41, 5.74) is 1.15. The van der Waals surface area contributed by atoms with Crippen molar-refractivity contribution in [1.29, 1.82) is 0 Å². The van der Waals surface area contributed by atoms with E-state index in [1.165, 1.54) is 43.6 Å². The maximum atomic E-state index is 4.27. The van der Waals surface area contributed by atoms with Crippen LogP contribution in [0.5, 0.6) is 0 Å². The van der Waals surface area contributed by atoms with Gasteiger partial charge in [0.05, 0.1) is 11.7 Å². The first-order valence-corrected chi connectivity index (χ1v) is 7.69. The van der Waals surface area contributed by atoms with Crippen LogP contribution in [0.4, 0.5) is 0 Å². The molecule has 3 nitrogen and oxygen atoms in total. The first kappa shape index (κ1) is 13.0. The van der Waals surface area contributed by atoms with Crippen LogP contribution in [0, 0.1) is 11.8 Å². The summed E-state index contributed by atoms with van der Waals surface area (Å²) >= 11 is 1.46. The molecule has 4 heteroatoms. The smallest absolute Gasteiger partial charge is 0.0927 e. The van der Waals surface area contributed by atoms with Crippen molar-refractivity contribution in [3.05, 3.63) is 11.1 Å². The lowest BCUT2D eigenvalue weighted by atomic mass is 9.76. The highest BCUT2D eigenvalue weighted by Crippen LogP contribution is 2.38. The van der Waals surface area contributed by atoms with Crippen molar-refractivity contribution in [2.45, 2.75) is 52.0 Å². The fourth-order valence-electron chi connectivity index (χ4n) is 3.05. The predicted molar refractivity (Wildman–Crippen MR) is 72.1 cm³/mol. The van der Waals surface area contributed by atoms with Crippen molar-refractivity contribution < 1.29 is 0 Å². The van der Waals surface area contributed by atoms with Crippen molar-refractivity contribution in [2.24, 2.45) is 11.8 Å². The Morgan fingerprint density at radius 1 is 1.47 bits per heavy atom. The Morgan fingerprint density at radius 2 is 2.35 bits per heavy atom. The first-order valence-electron chi connectivity index (χ1n) is 6.85. The largest absolute Gasteiger partial charge is 0.309 e. The van der Waals surface area contributed by atoms with Crippen LogP contribution in [-0.4, -0.2) is 16.1 Å². The Balaban J connectivity index is 2.05. The molecule has 3 atom stereocenters. The zero-order valence-electron chi connectivity index (χ0n) is 10.9. The molecule has 1 aliphatic carbocycles. The Labute approximate surface area is 108 Å². The van der Waals surface area contributed by atoms with Crippen LogP contribution in [0.25, 0.3) is 0 Å². The van der Waals surface area contributed by atoms with Crippen molar-refractivity contribution >= 4 is 11.5 Å². The van der Waals surface area contributed by atoms with E-state index in [-0.39, 0.29) is 0 Å². The minimum Gasteiger partial charge on any atom is -0.309 e. The minimum absolute atomic E-state index is 0.424. The van der Waals surface area contributed by atoms with E-state index in [9.17, 15) is 0 Å². The predicted octanol–water partition coefficient (Wildman–Crippen LogP) is 3.41. The van der Waals surface area contributed by atoms with E-state index < -0.39 is 0 Å². The van der Waals surface area contributed by atoms with Crippen LogP contribution >= 0.6 is 11.5 Å². The second-order valence-corrected chi connectivity index (χ2v) is 5.68. The zero-order valence-corrected chi connectivity index (χ0v) is 11.7. The van der Waals surface area contributed by atoms with E-state index in [4.69, 9.17) is 0 Å². The Kier molecular flexibility index (Phi) is 4.92. The number of rotatable bonds is 5. The van der Waals surface area contributed by atoms with Gasteiger partial charge in [-0.2, -0.15) is 0 Å². The molecule has 0 aromatic carbocycles. The summed E-state index contributed by atoms with van der Waals surface area (Å²) < 4.78 is 4.01. The molecule has 0 spiro atoms. The number of aromatic nitrogens is 2. The number of hydrogen-bond acceptors (Lipinski definition) is 4. The molecule has 1 heterocycles. The van der Waals surface area contributed by atoms with Gasteiger partial charge in [0.15, 0.2) is 0 Å². The fraction of sp³-hybridized carbons (Fsp3) is 0.846. The molecule has 1 aliphatic rings. The van der Waals surface area contributed by atoms with Crippen LogP contribution in [0.3, 0.4) is 0 Å². The van der Waals surface area contributed by atoms with E-state index in [1.807, 2.05) is 0 Å². The summed E-state index contributed by atoms with van der Waals surface area (Å²) in [6, 6.07) is 0.424. The number of nitrogens with zero attached hydrogens (tertiary/aromatic N) is 2. The molecule has 17 heavy (non-hydrogen) atoms. The van der Waals surface area contributed by atoms with E-state index in [0.717, 1.165) is 24.1 Å². The van der Waals surface area contributed by atoms with Crippen molar-refractivity contribution in [3.63, 3.8) is 0 Å². The third kappa shape index (κ3) is 3.26. The van der Waals surface area contributed by atoms with Crippen LogP contribution in [0.15, 0.2) is 5.38 Å². The second kappa shape index (κ2) is 6.45. The van der Waals surface area contributed by atoms with Gasteiger partial charge in [0.25, 0.3) is 0 Å². The lowest BCUT2D eigenvalue weighted by Crippen LogP contribution is -2.31. The van der Waals surface area contributed by atoms with Gasteiger partial charge >= 0.3 is 0 Å². The Bertz CT molecular complexity index is 312. The third-order valence-corrected chi connectivity index (χ3v) is 4.51. The van der Waals surface area contributed by atoms with Gasteiger partial charge in [-0.15, -0.1) is 5.10 Å². The van der Waals surface area contributed by atoms with Crippen molar-refractivity contribution in [3.8, 4) is 0 Å². The van der Waals surface area contributed by atoms with Gasteiger partial charge in [-0.1, -0.05) is 37.6 Å². The van der Waals surface area contributed by atoms with Gasteiger partial charge in [0.1, 0.15) is 0 Å². The summed E-state index contributed by atoms with van der Waals surface area (Å²) in [7, 11) is 0. The highest BCUT2D eigenvalue weighted by Gasteiger charge is 2.29. The molecule has 1 aromatic rings. The number of hydrogen-bond donors (Lipinski definition) is 1. The molecule has 0 bridgehead atoms. The summed E-state index contributed by atoms with van der Waals surface area (Å²) in [5.74, 6) is 1.67. The lowest BCUT2D eigenvalue weighted by molar-refractivity contribution is 0.208. The van der Waals surface area contributed by atoms with Crippen LogP contribution < -0.4 is 5.32 Å². The molecule has 0 saturated heterocycles. The zero-order chi connectivity index (χ0) is 12.1. The van der Waals surface area contributed by atoms with E-state index in [2.05, 4.69) is 34.1 Å². The second-order valence-electron chi connectivity index (χ2n) is 5.07. The van der Waals surface area contributed by atoms with Crippen molar-refractivity contribution in [2.75, 3.05) is 6.54 Å². The Hall–Kier alpha value is -0.480. The summed E-state index contributed by atoms with van der Waals surface area (Å²) in [6.45, 7) is 5.50. The van der Waals surface area contributed by atoms with Crippen LogP contribution in [-0.2, 0) is 0 Å². The lowest BCUT2D eigenvalue weighted by Gasteiger charge is -2.33. The van der Waals surface area contributed by atoms with Crippen LogP contribution in [0.1, 0.15) is 57.7 Å². The molecule has 3 unspecified atom stereocenters. The van der Waals surface area contributed by atoms with Gasteiger partial charge in [-0.3, -0.25) is 0 Å². The first-order chi connectivity index (χ1) is 8.35. The third-order valence-electron chi connectivity index (χ3n) is 3.99. The average molecular weight is 253 g/mol. The molecule has 2 rings (SSSR count). The minimum atomic E-state index is 0.424. The maximum absolute atomic E-state index is 4.27. The molecule has 1 saturated carbocycles. The quantitative estimate of drug-likeness (QED) is 0.874. The molecular formula is C13H23N3S. The molecule has 1 fully saturated rings. The van der Waals surface area contributed by atoms with E-state index in [0.29, 0.717) is 6.04 Å². The average Bonchev–Trinajstić information content (AvgIpc) is 2.89. The summed E-state index contributed by atoms with van der Waals surface area (Å²) in [5, 5.41) is 9.97. The summed E-state index contributed by atoms with van der Waals surface area (Å²) in [6.07, 6.45) is 6.81. The Morgan fingerprint density at radius 3 is 3.00 bits per heavy atom. The van der Waals surface area contributed by atoms with E-state index >= 15 is 0 Å². The number of nitrogens with one attached hydrogen (secondary N) is 1. The van der Waals surface area contributed by atoms with Gasteiger partial charge in [0.2, 0.25) is 0 Å². The monoisotopic (exact) mass is 253 g/mol. The molecule has 0 amide bonds. The highest BCUT2D eigenvalue weighted by atomic mass is 32.1. The molecule has 1 N–H and O–H groups in total. The fourth-order valence-corrected chi connectivity index (χ4v) is 3.54. The van der Waals surface area contributed by atoms with Gasteiger partial charge in [0, 0.05) is 5.38 Å².